The van der Waals surface area contributed by atoms with Crippen LogP contribution in [0.15, 0.2) is 0 Å². The zero-order valence-corrected chi connectivity index (χ0v) is 10.3. The Hall–Kier alpha value is -0.650. The van der Waals surface area contributed by atoms with Gasteiger partial charge in [-0.15, -0.1) is 0 Å². The van der Waals surface area contributed by atoms with Crippen LogP contribution < -0.4 is 10.6 Å². The first-order chi connectivity index (χ1) is 7.72. The Balaban J connectivity index is 3.40. The average Bonchev–Trinajstić information content (AvgIpc) is 2.28. The fraction of sp³-hybridized carbons (Fsp3) is 0.909. The second kappa shape index (κ2) is 10.9. The maximum Gasteiger partial charge on any atom is 0.236 e. The molecule has 0 spiro atoms. The summed E-state index contributed by atoms with van der Waals surface area (Å²) in [5.41, 5.74) is 0. The van der Waals surface area contributed by atoms with E-state index >= 15 is 0 Å². The third-order valence-corrected chi connectivity index (χ3v) is 2.16. The molecule has 0 rings (SSSR count). The average molecular weight is 232 g/mol. The van der Waals surface area contributed by atoms with Crippen LogP contribution in [-0.4, -0.2) is 50.0 Å². The van der Waals surface area contributed by atoms with Crippen molar-refractivity contribution < 1.29 is 14.6 Å². The van der Waals surface area contributed by atoms with E-state index in [2.05, 4.69) is 17.6 Å². The van der Waals surface area contributed by atoms with Crippen molar-refractivity contribution in [3.05, 3.63) is 0 Å². The first-order valence-corrected chi connectivity index (χ1v) is 5.92. The molecule has 0 radical (unpaired) electrons. The monoisotopic (exact) mass is 232 g/mol. The van der Waals surface area contributed by atoms with E-state index in [4.69, 9.17) is 9.84 Å². The normalized spacial score (nSPS) is 12.4. The number of hydrogen-bond acceptors (Lipinski definition) is 4. The summed E-state index contributed by atoms with van der Waals surface area (Å²) in [7, 11) is 0. The Morgan fingerprint density at radius 2 is 2.12 bits per heavy atom. The van der Waals surface area contributed by atoms with Crippen molar-refractivity contribution in [1.29, 1.82) is 0 Å². The van der Waals surface area contributed by atoms with E-state index in [1.807, 2.05) is 6.92 Å². The molecule has 0 aromatic carbocycles. The van der Waals surface area contributed by atoms with Crippen molar-refractivity contribution >= 4 is 5.91 Å². The second-order valence-electron chi connectivity index (χ2n) is 3.66. The minimum absolute atomic E-state index is 0.0237. The maximum absolute atomic E-state index is 11.5. The molecule has 3 N–H and O–H groups in total. The van der Waals surface area contributed by atoms with E-state index in [0.717, 1.165) is 19.4 Å². The summed E-state index contributed by atoms with van der Waals surface area (Å²) in [5.74, 6) is 0.0237. The molecule has 16 heavy (non-hydrogen) atoms. The van der Waals surface area contributed by atoms with Gasteiger partial charge in [0, 0.05) is 13.1 Å². The number of hydrogen-bond donors (Lipinski definition) is 3. The van der Waals surface area contributed by atoms with E-state index in [9.17, 15) is 4.79 Å². The number of nitrogens with one attached hydrogen (secondary N) is 2. The van der Waals surface area contributed by atoms with Gasteiger partial charge in [-0.2, -0.15) is 0 Å². The quantitative estimate of drug-likeness (QED) is 0.460. The standard InChI is InChI=1S/C11H24N2O3/c1-3-4-5-13-11(15)10(2)12-6-8-16-9-7-14/h10,12,14H,3-9H2,1-2H3,(H,13,15). The van der Waals surface area contributed by atoms with Crippen LogP contribution in [0.5, 0.6) is 0 Å². The first kappa shape index (κ1) is 15.3. The Labute approximate surface area is 97.6 Å². The lowest BCUT2D eigenvalue weighted by atomic mass is 10.3. The molecule has 1 amide bonds. The summed E-state index contributed by atoms with van der Waals surface area (Å²) >= 11 is 0. The molecule has 5 heteroatoms. The maximum atomic E-state index is 11.5. The molecule has 0 fully saturated rings. The van der Waals surface area contributed by atoms with Crippen LogP contribution in [0.1, 0.15) is 26.7 Å². The van der Waals surface area contributed by atoms with Crippen LogP contribution in [0.4, 0.5) is 0 Å². The number of ether oxygens (including phenoxy) is 1. The smallest absolute Gasteiger partial charge is 0.236 e. The van der Waals surface area contributed by atoms with Crippen LogP contribution in [0.3, 0.4) is 0 Å². The lowest BCUT2D eigenvalue weighted by Gasteiger charge is -2.13. The third kappa shape index (κ3) is 8.64. The SMILES string of the molecule is CCCCNC(=O)C(C)NCCOCCO. The Morgan fingerprint density at radius 3 is 2.75 bits per heavy atom. The van der Waals surface area contributed by atoms with Gasteiger partial charge in [-0.3, -0.25) is 4.79 Å². The van der Waals surface area contributed by atoms with E-state index in [1.54, 1.807) is 0 Å². The van der Waals surface area contributed by atoms with Crippen molar-refractivity contribution in [3.8, 4) is 0 Å². The van der Waals surface area contributed by atoms with Gasteiger partial charge in [0.25, 0.3) is 0 Å². The minimum Gasteiger partial charge on any atom is -0.394 e. The fourth-order valence-corrected chi connectivity index (χ4v) is 1.15. The number of amides is 1. The summed E-state index contributed by atoms with van der Waals surface area (Å²) < 4.78 is 5.07. The van der Waals surface area contributed by atoms with Gasteiger partial charge in [0.05, 0.1) is 25.9 Å². The van der Waals surface area contributed by atoms with Gasteiger partial charge in [0.15, 0.2) is 0 Å². The predicted octanol–water partition coefficient (Wildman–Crippen LogP) is -0.110. The molecule has 0 heterocycles. The highest BCUT2D eigenvalue weighted by Gasteiger charge is 2.10. The lowest BCUT2D eigenvalue weighted by Crippen LogP contribution is -2.43. The van der Waals surface area contributed by atoms with Gasteiger partial charge in [-0.05, 0) is 13.3 Å². The van der Waals surface area contributed by atoms with E-state index < -0.39 is 0 Å². The molecule has 0 aromatic heterocycles. The molecule has 0 saturated heterocycles. The zero-order chi connectivity index (χ0) is 12.2. The molecule has 0 aliphatic rings. The molecular weight excluding hydrogens is 208 g/mol. The van der Waals surface area contributed by atoms with Crippen molar-refractivity contribution in [1.82, 2.24) is 10.6 Å². The largest absolute Gasteiger partial charge is 0.394 e. The highest BCUT2D eigenvalue weighted by Crippen LogP contribution is 1.86. The molecular formula is C11H24N2O3. The number of aliphatic hydroxyl groups excluding tert-OH is 1. The topological polar surface area (TPSA) is 70.6 Å². The lowest BCUT2D eigenvalue weighted by molar-refractivity contribution is -0.122. The van der Waals surface area contributed by atoms with Crippen LogP contribution in [0.25, 0.3) is 0 Å². The van der Waals surface area contributed by atoms with Crippen molar-refractivity contribution in [2.45, 2.75) is 32.7 Å². The van der Waals surface area contributed by atoms with Gasteiger partial charge in [0.1, 0.15) is 0 Å². The van der Waals surface area contributed by atoms with Gasteiger partial charge in [-0.1, -0.05) is 13.3 Å². The molecule has 0 aromatic rings. The van der Waals surface area contributed by atoms with Crippen LogP contribution in [-0.2, 0) is 9.53 Å². The van der Waals surface area contributed by atoms with Gasteiger partial charge in [-0.25, -0.2) is 0 Å². The van der Waals surface area contributed by atoms with Crippen LogP contribution >= 0.6 is 0 Å². The van der Waals surface area contributed by atoms with Gasteiger partial charge in [0.2, 0.25) is 5.91 Å². The Kier molecular flexibility index (Phi) is 10.4. The summed E-state index contributed by atoms with van der Waals surface area (Å²) in [6.07, 6.45) is 2.09. The summed E-state index contributed by atoms with van der Waals surface area (Å²) in [4.78, 5) is 11.5. The van der Waals surface area contributed by atoms with E-state index in [1.165, 1.54) is 0 Å². The zero-order valence-electron chi connectivity index (χ0n) is 10.3. The van der Waals surface area contributed by atoms with E-state index in [0.29, 0.717) is 19.8 Å². The first-order valence-electron chi connectivity index (χ1n) is 5.92. The predicted molar refractivity (Wildman–Crippen MR) is 63.3 cm³/mol. The number of carbonyl (C=O) groups excluding carboxylic acids is 1. The molecule has 5 nitrogen and oxygen atoms in total. The highest BCUT2D eigenvalue weighted by atomic mass is 16.5. The molecule has 0 aliphatic heterocycles. The third-order valence-electron chi connectivity index (χ3n) is 2.16. The number of rotatable bonds is 10. The number of carbonyl (C=O) groups is 1. The molecule has 96 valence electrons. The summed E-state index contributed by atoms with van der Waals surface area (Å²) in [5, 5.41) is 14.4. The molecule has 0 aliphatic carbocycles. The van der Waals surface area contributed by atoms with Crippen molar-refractivity contribution in [2.24, 2.45) is 0 Å². The van der Waals surface area contributed by atoms with E-state index in [-0.39, 0.29) is 18.6 Å². The van der Waals surface area contributed by atoms with Crippen molar-refractivity contribution in [2.75, 3.05) is 32.9 Å². The van der Waals surface area contributed by atoms with Gasteiger partial charge >= 0.3 is 0 Å². The van der Waals surface area contributed by atoms with Gasteiger partial charge < -0.3 is 20.5 Å². The highest BCUT2D eigenvalue weighted by molar-refractivity contribution is 5.81. The Morgan fingerprint density at radius 1 is 1.38 bits per heavy atom. The van der Waals surface area contributed by atoms with Crippen LogP contribution in [0, 0.1) is 0 Å². The molecule has 0 saturated carbocycles. The molecule has 0 bridgehead atoms. The van der Waals surface area contributed by atoms with Crippen LogP contribution in [0.2, 0.25) is 0 Å². The minimum atomic E-state index is -0.199. The number of aliphatic hydroxyl groups is 1. The molecule has 1 unspecified atom stereocenters. The van der Waals surface area contributed by atoms with Crippen molar-refractivity contribution in [3.63, 3.8) is 0 Å². The molecule has 1 atom stereocenters. The number of unbranched alkanes of at least 4 members (excludes halogenated alkanes) is 1. The fourth-order valence-electron chi connectivity index (χ4n) is 1.15. The summed E-state index contributed by atoms with van der Waals surface area (Å²) in [6.45, 7) is 6.16. The summed E-state index contributed by atoms with van der Waals surface area (Å²) in [6, 6.07) is -0.199. The Bertz CT molecular complexity index is 177. The second-order valence-corrected chi connectivity index (χ2v) is 3.66.